The Labute approximate surface area is 125 Å². The molecule has 0 fully saturated rings. The van der Waals surface area contributed by atoms with E-state index in [0.29, 0.717) is 11.3 Å². The van der Waals surface area contributed by atoms with Gasteiger partial charge in [-0.15, -0.1) is 0 Å². The van der Waals surface area contributed by atoms with Crippen molar-refractivity contribution >= 4 is 28.5 Å². The first-order chi connectivity index (χ1) is 10.2. The Morgan fingerprint density at radius 2 is 2.19 bits per heavy atom. The number of ether oxygens (including phenoxy) is 1. The fraction of sp³-hybridized carbons (Fsp3) is 0.0667. The van der Waals surface area contributed by atoms with Crippen LogP contribution in [0, 0.1) is 11.3 Å². The maximum atomic E-state index is 9.00. The second-order valence-electron chi connectivity index (χ2n) is 4.36. The number of methoxy groups -OCH3 is 1. The predicted octanol–water partition coefficient (Wildman–Crippen LogP) is 3.18. The number of imidazole rings is 1. The Morgan fingerprint density at radius 3 is 2.95 bits per heavy atom. The van der Waals surface area contributed by atoms with E-state index in [9.17, 15) is 0 Å². The van der Waals surface area contributed by atoms with E-state index in [1.54, 1.807) is 13.2 Å². The Balaban J connectivity index is 1.97. The summed E-state index contributed by atoms with van der Waals surface area (Å²) in [5, 5.41) is 9.73. The van der Waals surface area contributed by atoms with Crippen molar-refractivity contribution in [3.05, 3.63) is 42.0 Å². The summed E-state index contributed by atoms with van der Waals surface area (Å²) in [5.74, 6) is 0.772. The lowest BCUT2D eigenvalue weighted by molar-refractivity contribution is 0.415. The molecule has 0 radical (unpaired) electrons. The average Bonchev–Trinajstić information content (AvgIpc) is 2.90. The number of nitrogens with one attached hydrogen (secondary N) is 1. The van der Waals surface area contributed by atoms with Gasteiger partial charge >= 0.3 is 0 Å². The van der Waals surface area contributed by atoms with Crippen molar-refractivity contribution in [2.24, 2.45) is 0 Å². The van der Waals surface area contributed by atoms with Crippen molar-refractivity contribution in [2.75, 3.05) is 12.8 Å². The summed E-state index contributed by atoms with van der Waals surface area (Å²) in [5.41, 5.74) is 8.67. The predicted molar refractivity (Wildman–Crippen MR) is 82.3 cm³/mol. The van der Waals surface area contributed by atoms with E-state index < -0.39 is 0 Å². The number of hydrogen-bond acceptors (Lipinski definition) is 5. The average molecular weight is 296 g/mol. The van der Waals surface area contributed by atoms with Crippen molar-refractivity contribution in [1.29, 1.82) is 5.26 Å². The molecule has 0 saturated heterocycles. The number of nitrogen functional groups attached to an aromatic ring is 1. The van der Waals surface area contributed by atoms with Crippen LogP contribution in [0.5, 0.6) is 5.75 Å². The summed E-state index contributed by atoms with van der Waals surface area (Å²) in [7, 11) is 1.63. The third kappa shape index (κ3) is 2.51. The van der Waals surface area contributed by atoms with Gasteiger partial charge in [0.15, 0.2) is 5.16 Å². The summed E-state index contributed by atoms with van der Waals surface area (Å²) in [6.45, 7) is 0. The number of anilines is 1. The molecule has 0 amide bonds. The molecule has 0 saturated carbocycles. The Hall–Kier alpha value is -2.65. The number of aromatic nitrogens is 2. The van der Waals surface area contributed by atoms with E-state index in [4.69, 9.17) is 15.7 Å². The number of fused-ring (bicyclic) bond motifs is 1. The van der Waals surface area contributed by atoms with Gasteiger partial charge in [-0.25, -0.2) is 4.98 Å². The second kappa shape index (κ2) is 5.38. The molecule has 21 heavy (non-hydrogen) atoms. The molecule has 3 N–H and O–H groups in total. The van der Waals surface area contributed by atoms with Crippen LogP contribution in [0.3, 0.4) is 0 Å². The number of aromatic amines is 1. The first-order valence-corrected chi connectivity index (χ1v) is 7.03. The lowest BCUT2D eigenvalue weighted by atomic mass is 10.2. The maximum absolute atomic E-state index is 9.00. The number of nitrogens with two attached hydrogens (primary N) is 1. The molecule has 3 aromatic rings. The van der Waals surface area contributed by atoms with Crippen LogP contribution in [-0.2, 0) is 0 Å². The van der Waals surface area contributed by atoms with Crippen LogP contribution in [0.1, 0.15) is 5.56 Å². The summed E-state index contributed by atoms with van der Waals surface area (Å²) >= 11 is 1.40. The Kier molecular flexibility index (Phi) is 3.42. The van der Waals surface area contributed by atoms with Crippen LogP contribution in [0.2, 0.25) is 0 Å². The van der Waals surface area contributed by atoms with Crippen LogP contribution in [0.4, 0.5) is 5.69 Å². The van der Waals surface area contributed by atoms with Gasteiger partial charge in [0.05, 0.1) is 29.4 Å². The first-order valence-electron chi connectivity index (χ1n) is 6.21. The van der Waals surface area contributed by atoms with Gasteiger partial charge in [0.1, 0.15) is 11.8 Å². The molecule has 2 aromatic carbocycles. The van der Waals surface area contributed by atoms with Gasteiger partial charge in [-0.1, -0.05) is 6.07 Å². The number of rotatable bonds is 3. The van der Waals surface area contributed by atoms with Gasteiger partial charge < -0.3 is 15.5 Å². The molecule has 0 spiro atoms. The molecule has 5 nitrogen and oxygen atoms in total. The summed E-state index contributed by atoms with van der Waals surface area (Å²) in [4.78, 5) is 8.52. The molecule has 6 heteroatoms. The van der Waals surface area contributed by atoms with Crippen molar-refractivity contribution in [1.82, 2.24) is 9.97 Å². The van der Waals surface area contributed by atoms with Crippen LogP contribution >= 0.6 is 11.8 Å². The first kappa shape index (κ1) is 13.3. The summed E-state index contributed by atoms with van der Waals surface area (Å²) in [6.07, 6.45) is 0. The lowest BCUT2D eigenvalue weighted by Crippen LogP contribution is -1.92. The highest BCUT2D eigenvalue weighted by molar-refractivity contribution is 7.99. The van der Waals surface area contributed by atoms with Gasteiger partial charge in [-0.05, 0) is 36.0 Å². The topological polar surface area (TPSA) is 87.7 Å². The SMILES string of the molecule is COc1ccc2nc(Sc3cccc(C#N)c3N)[nH]c2c1. The number of nitriles is 1. The highest BCUT2D eigenvalue weighted by atomic mass is 32.2. The third-order valence-electron chi connectivity index (χ3n) is 3.06. The number of H-pyrrole nitrogens is 1. The van der Waals surface area contributed by atoms with E-state index in [-0.39, 0.29) is 0 Å². The molecule has 0 aliphatic carbocycles. The van der Waals surface area contributed by atoms with E-state index in [1.165, 1.54) is 11.8 Å². The fourth-order valence-corrected chi connectivity index (χ4v) is 2.86. The normalized spacial score (nSPS) is 10.5. The highest BCUT2D eigenvalue weighted by Gasteiger charge is 2.10. The molecule has 0 unspecified atom stereocenters. The van der Waals surface area contributed by atoms with Gasteiger partial charge in [0, 0.05) is 11.0 Å². The molecular weight excluding hydrogens is 284 g/mol. The van der Waals surface area contributed by atoms with Gasteiger partial charge in [0.25, 0.3) is 0 Å². The number of benzene rings is 2. The fourth-order valence-electron chi connectivity index (χ4n) is 1.98. The van der Waals surface area contributed by atoms with Crippen LogP contribution in [0.25, 0.3) is 11.0 Å². The van der Waals surface area contributed by atoms with Gasteiger partial charge in [-0.2, -0.15) is 5.26 Å². The zero-order chi connectivity index (χ0) is 14.8. The van der Waals surface area contributed by atoms with Crippen molar-refractivity contribution in [2.45, 2.75) is 10.1 Å². The quantitative estimate of drug-likeness (QED) is 0.725. The van der Waals surface area contributed by atoms with Crippen molar-refractivity contribution < 1.29 is 4.74 Å². The molecule has 104 valence electrons. The molecule has 1 heterocycles. The summed E-state index contributed by atoms with van der Waals surface area (Å²) in [6, 6.07) is 13.1. The number of para-hydroxylation sites is 1. The van der Waals surface area contributed by atoms with Gasteiger partial charge in [0.2, 0.25) is 0 Å². The molecular formula is C15H12N4OS. The van der Waals surface area contributed by atoms with Crippen LogP contribution in [0.15, 0.2) is 46.5 Å². The minimum Gasteiger partial charge on any atom is -0.497 e. The number of hydrogen-bond donors (Lipinski definition) is 2. The molecule has 1 aromatic heterocycles. The standard InChI is InChI=1S/C15H12N4OS/c1-20-10-5-6-11-12(7-10)19-15(18-11)21-13-4-2-3-9(8-16)14(13)17/h2-7H,17H2,1H3,(H,18,19). The molecule has 0 aliphatic rings. The van der Waals surface area contributed by atoms with Gasteiger partial charge in [-0.3, -0.25) is 0 Å². The second-order valence-corrected chi connectivity index (χ2v) is 5.39. The highest BCUT2D eigenvalue weighted by Crippen LogP contribution is 2.33. The summed E-state index contributed by atoms with van der Waals surface area (Å²) < 4.78 is 5.19. The largest absolute Gasteiger partial charge is 0.497 e. The minimum absolute atomic E-state index is 0.470. The molecule has 3 rings (SSSR count). The number of nitrogens with zero attached hydrogens (tertiary/aromatic N) is 2. The van der Waals surface area contributed by atoms with Crippen LogP contribution in [-0.4, -0.2) is 17.1 Å². The van der Waals surface area contributed by atoms with E-state index >= 15 is 0 Å². The molecule has 0 aliphatic heterocycles. The van der Waals surface area contributed by atoms with E-state index in [2.05, 4.69) is 16.0 Å². The zero-order valence-electron chi connectivity index (χ0n) is 11.3. The third-order valence-corrected chi connectivity index (χ3v) is 4.02. The zero-order valence-corrected chi connectivity index (χ0v) is 12.1. The van der Waals surface area contributed by atoms with E-state index in [1.807, 2.05) is 30.3 Å². The van der Waals surface area contributed by atoms with Crippen molar-refractivity contribution in [3.8, 4) is 11.8 Å². The smallest absolute Gasteiger partial charge is 0.171 e. The maximum Gasteiger partial charge on any atom is 0.171 e. The molecule has 0 atom stereocenters. The molecule has 0 bridgehead atoms. The van der Waals surface area contributed by atoms with Crippen molar-refractivity contribution in [3.63, 3.8) is 0 Å². The lowest BCUT2D eigenvalue weighted by Gasteiger charge is -2.03. The Bertz CT molecular complexity index is 850. The van der Waals surface area contributed by atoms with E-state index in [0.717, 1.165) is 26.8 Å². The minimum atomic E-state index is 0.470. The van der Waals surface area contributed by atoms with Crippen LogP contribution < -0.4 is 10.5 Å². The monoisotopic (exact) mass is 296 g/mol. The Morgan fingerprint density at radius 1 is 1.33 bits per heavy atom.